The van der Waals surface area contributed by atoms with Crippen LogP contribution in [-0.4, -0.2) is 25.3 Å². The second-order valence-electron chi connectivity index (χ2n) is 5.40. The second kappa shape index (κ2) is 5.94. The average Bonchev–Trinajstić information content (AvgIpc) is 2.63. The van der Waals surface area contributed by atoms with Gasteiger partial charge in [0.05, 0.1) is 16.5 Å². The van der Waals surface area contributed by atoms with Gasteiger partial charge in [-0.1, -0.05) is 12.8 Å². The van der Waals surface area contributed by atoms with Gasteiger partial charge in [-0.3, -0.25) is 0 Å². The van der Waals surface area contributed by atoms with Crippen LogP contribution in [0.2, 0.25) is 0 Å². The maximum absolute atomic E-state index is 12.7. The number of nitriles is 1. The molecule has 0 bridgehead atoms. The molecule has 1 fully saturated rings. The van der Waals surface area contributed by atoms with Crippen molar-refractivity contribution < 1.29 is 8.42 Å². The highest BCUT2D eigenvalue weighted by Crippen LogP contribution is 2.25. The Labute approximate surface area is 121 Å². The van der Waals surface area contributed by atoms with Crippen molar-refractivity contribution in [3.63, 3.8) is 0 Å². The molecule has 0 saturated carbocycles. The number of nitrogens with zero attached hydrogens (tertiary/aromatic N) is 2. The lowest BCUT2D eigenvalue weighted by atomic mass is 10.1. The number of hydrogen-bond acceptors (Lipinski definition) is 3. The van der Waals surface area contributed by atoms with Crippen molar-refractivity contribution in [2.45, 2.75) is 50.5 Å². The Morgan fingerprint density at radius 3 is 2.70 bits per heavy atom. The molecule has 0 amide bonds. The molecule has 0 aromatic heterocycles. The van der Waals surface area contributed by atoms with Crippen molar-refractivity contribution in [3.8, 4) is 6.07 Å². The van der Waals surface area contributed by atoms with Gasteiger partial charge >= 0.3 is 0 Å². The summed E-state index contributed by atoms with van der Waals surface area (Å²) in [6.45, 7) is 4.32. The van der Waals surface area contributed by atoms with Gasteiger partial charge in [0.1, 0.15) is 0 Å². The van der Waals surface area contributed by atoms with E-state index in [1.54, 1.807) is 29.4 Å². The largest absolute Gasteiger partial charge is 0.243 e. The first-order chi connectivity index (χ1) is 9.46. The van der Waals surface area contributed by atoms with Crippen molar-refractivity contribution >= 4 is 10.0 Å². The lowest BCUT2D eigenvalue weighted by Crippen LogP contribution is -2.38. The van der Waals surface area contributed by atoms with Crippen LogP contribution in [0.5, 0.6) is 0 Å². The van der Waals surface area contributed by atoms with Gasteiger partial charge in [0.2, 0.25) is 10.0 Å². The molecule has 0 aliphatic carbocycles. The van der Waals surface area contributed by atoms with Crippen molar-refractivity contribution in [2.75, 3.05) is 6.54 Å². The number of sulfonamides is 1. The van der Waals surface area contributed by atoms with E-state index in [0.717, 1.165) is 25.7 Å². The Kier molecular flexibility index (Phi) is 4.46. The van der Waals surface area contributed by atoms with E-state index >= 15 is 0 Å². The van der Waals surface area contributed by atoms with Crippen LogP contribution in [0, 0.1) is 18.3 Å². The van der Waals surface area contributed by atoms with Gasteiger partial charge in [0.25, 0.3) is 0 Å². The third kappa shape index (κ3) is 2.87. The van der Waals surface area contributed by atoms with E-state index in [0.29, 0.717) is 22.6 Å². The van der Waals surface area contributed by atoms with Crippen molar-refractivity contribution in [2.24, 2.45) is 0 Å². The highest BCUT2D eigenvalue weighted by atomic mass is 32.2. The summed E-state index contributed by atoms with van der Waals surface area (Å²) in [6.07, 6.45) is 4.00. The summed E-state index contributed by atoms with van der Waals surface area (Å²) in [4.78, 5) is 0.294. The molecule has 1 aliphatic rings. The van der Waals surface area contributed by atoms with E-state index in [1.165, 1.54) is 0 Å². The molecule has 1 aromatic rings. The molecule has 1 heterocycles. The number of aryl methyl sites for hydroxylation is 1. The molecular weight excluding hydrogens is 272 g/mol. The Morgan fingerprint density at radius 1 is 1.30 bits per heavy atom. The van der Waals surface area contributed by atoms with Crippen LogP contribution >= 0.6 is 0 Å². The van der Waals surface area contributed by atoms with Crippen LogP contribution in [0.25, 0.3) is 0 Å². The fourth-order valence-electron chi connectivity index (χ4n) is 2.66. The van der Waals surface area contributed by atoms with Gasteiger partial charge in [-0.15, -0.1) is 0 Å². The lowest BCUT2D eigenvalue weighted by Gasteiger charge is -2.26. The predicted octanol–water partition coefficient (Wildman–Crippen LogP) is 2.82. The quantitative estimate of drug-likeness (QED) is 0.842. The molecule has 1 saturated heterocycles. The lowest BCUT2D eigenvalue weighted by molar-refractivity contribution is 0.342. The topological polar surface area (TPSA) is 61.2 Å². The Bertz CT molecular complexity index is 632. The Hall–Kier alpha value is -1.38. The van der Waals surface area contributed by atoms with Crippen LogP contribution in [0.15, 0.2) is 23.1 Å². The number of benzene rings is 1. The zero-order valence-electron chi connectivity index (χ0n) is 12.0. The maximum Gasteiger partial charge on any atom is 0.243 e. The van der Waals surface area contributed by atoms with Crippen molar-refractivity contribution in [1.29, 1.82) is 5.26 Å². The van der Waals surface area contributed by atoms with Crippen LogP contribution in [0.1, 0.15) is 43.7 Å². The zero-order chi connectivity index (χ0) is 14.8. The van der Waals surface area contributed by atoms with Gasteiger partial charge in [0, 0.05) is 12.6 Å². The molecule has 0 N–H and O–H groups in total. The molecule has 1 aromatic carbocycles. The fourth-order valence-corrected chi connectivity index (χ4v) is 4.45. The van der Waals surface area contributed by atoms with Crippen LogP contribution in [0.4, 0.5) is 0 Å². The molecule has 4 nitrogen and oxygen atoms in total. The summed E-state index contributed by atoms with van der Waals surface area (Å²) in [5.41, 5.74) is 1.23. The van der Waals surface area contributed by atoms with E-state index < -0.39 is 10.0 Å². The molecular formula is C15H20N2O2S. The van der Waals surface area contributed by atoms with E-state index in [1.807, 2.05) is 6.92 Å². The highest BCUT2D eigenvalue weighted by Gasteiger charge is 2.30. The summed E-state index contributed by atoms with van der Waals surface area (Å²) in [7, 11) is -3.46. The van der Waals surface area contributed by atoms with Crippen LogP contribution in [0.3, 0.4) is 0 Å². The van der Waals surface area contributed by atoms with Crippen LogP contribution in [-0.2, 0) is 10.0 Å². The van der Waals surface area contributed by atoms with E-state index in [2.05, 4.69) is 6.07 Å². The minimum atomic E-state index is -3.46. The summed E-state index contributed by atoms with van der Waals surface area (Å²) >= 11 is 0. The van der Waals surface area contributed by atoms with Crippen molar-refractivity contribution in [1.82, 2.24) is 4.31 Å². The second-order valence-corrected chi connectivity index (χ2v) is 7.29. The van der Waals surface area contributed by atoms with E-state index in [-0.39, 0.29) is 6.04 Å². The summed E-state index contributed by atoms with van der Waals surface area (Å²) < 4.78 is 27.1. The maximum atomic E-state index is 12.7. The fraction of sp³-hybridized carbons (Fsp3) is 0.533. The molecule has 2 rings (SSSR count). The Balaban J connectivity index is 2.39. The summed E-state index contributed by atoms with van der Waals surface area (Å²) in [6, 6.07) is 6.83. The zero-order valence-corrected chi connectivity index (χ0v) is 12.8. The van der Waals surface area contributed by atoms with E-state index in [9.17, 15) is 8.42 Å². The minimum Gasteiger partial charge on any atom is -0.207 e. The van der Waals surface area contributed by atoms with E-state index in [4.69, 9.17) is 5.26 Å². The molecule has 1 atom stereocenters. The van der Waals surface area contributed by atoms with Gasteiger partial charge < -0.3 is 0 Å². The third-order valence-corrected chi connectivity index (χ3v) is 5.93. The first-order valence-corrected chi connectivity index (χ1v) is 8.43. The van der Waals surface area contributed by atoms with Crippen LogP contribution < -0.4 is 0 Å². The van der Waals surface area contributed by atoms with Gasteiger partial charge in [-0.25, -0.2) is 8.42 Å². The standard InChI is InChI=1S/C15H20N2O2S/c1-12-10-15(8-7-14(12)11-16)20(18,19)17-9-5-3-4-6-13(17)2/h7-8,10,13H,3-6,9H2,1-2H3. The molecule has 1 unspecified atom stereocenters. The molecule has 1 aliphatic heterocycles. The third-order valence-electron chi connectivity index (χ3n) is 3.92. The normalized spacial score (nSPS) is 21.1. The monoisotopic (exact) mass is 292 g/mol. The highest BCUT2D eigenvalue weighted by molar-refractivity contribution is 7.89. The Morgan fingerprint density at radius 2 is 2.05 bits per heavy atom. The molecule has 108 valence electrons. The number of rotatable bonds is 2. The SMILES string of the molecule is Cc1cc(S(=O)(=O)N2CCCCCC2C)ccc1C#N. The minimum absolute atomic E-state index is 0.0402. The average molecular weight is 292 g/mol. The van der Waals surface area contributed by atoms with Gasteiger partial charge in [-0.2, -0.15) is 9.57 Å². The summed E-state index contributed by atoms with van der Waals surface area (Å²) in [5, 5.41) is 8.93. The van der Waals surface area contributed by atoms with Crippen molar-refractivity contribution in [3.05, 3.63) is 29.3 Å². The first-order valence-electron chi connectivity index (χ1n) is 6.99. The predicted molar refractivity (Wildman–Crippen MR) is 77.7 cm³/mol. The van der Waals surface area contributed by atoms with Gasteiger partial charge in [0.15, 0.2) is 0 Å². The smallest absolute Gasteiger partial charge is 0.207 e. The molecule has 0 radical (unpaired) electrons. The molecule has 5 heteroatoms. The number of hydrogen-bond donors (Lipinski definition) is 0. The van der Waals surface area contributed by atoms with Gasteiger partial charge in [-0.05, 0) is 50.5 Å². The summed E-state index contributed by atoms with van der Waals surface area (Å²) in [5.74, 6) is 0. The molecule has 0 spiro atoms. The molecule has 20 heavy (non-hydrogen) atoms. The first kappa shape index (κ1) is 15.0.